The maximum Gasteiger partial charge on any atom is 0.326 e. The Morgan fingerprint density at radius 2 is 2.00 bits per heavy atom. The molecule has 0 unspecified atom stereocenters. The Morgan fingerprint density at radius 3 is 2.63 bits per heavy atom. The second-order valence-corrected chi connectivity index (χ2v) is 6.80. The van der Waals surface area contributed by atoms with Crippen LogP contribution in [-0.2, 0) is 25.5 Å². The molecule has 0 radical (unpaired) electrons. The topological polar surface area (TPSA) is 117 Å². The number of fused-ring (bicyclic) bond motifs is 1. The van der Waals surface area contributed by atoms with Crippen LogP contribution in [0, 0.1) is 17.2 Å². The van der Waals surface area contributed by atoms with Crippen molar-refractivity contribution >= 4 is 23.7 Å². The molecule has 0 spiro atoms. The van der Waals surface area contributed by atoms with Crippen molar-refractivity contribution in [2.45, 2.75) is 32.7 Å². The van der Waals surface area contributed by atoms with Gasteiger partial charge in [-0.15, -0.1) is 0 Å². The van der Waals surface area contributed by atoms with E-state index >= 15 is 0 Å². The molecule has 0 aliphatic carbocycles. The molecule has 142 valence electrons. The Balaban J connectivity index is 1.93. The summed E-state index contributed by atoms with van der Waals surface area (Å²) < 4.78 is 4.85. The zero-order chi connectivity index (χ0) is 20.2. The number of hydrogen-bond donors (Lipinski definition) is 1. The van der Waals surface area contributed by atoms with Crippen molar-refractivity contribution in [3.63, 3.8) is 0 Å². The van der Waals surface area contributed by atoms with Gasteiger partial charge in [-0.3, -0.25) is 24.1 Å². The molecule has 1 aromatic carbocycles. The molecule has 8 nitrogen and oxygen atoms in total. The van der Waals surface area contributed by atoms with E-state index in [9.17, 15) is 24.4 Å². The van der Waals surface area contributed by atoms with Gasteiger partial charge < -0.3 is 10.1 Å². The Bertz CT molecular complexity index is 827. The fraction of sp³-hybridized carbons (Fsp3) is 0.421. The lowest BCUT2D eigenvalue weighted by Gasteiger charge is -2.27. The van der Waals surface area contributed by atoms with Crippen LogP contribution in [0.4, 0.5) is 0 Å². The Kier molecular flexibility index (Phi) is 5.95. The van der Waals surface area contributed by atoms with Crippen LogP contribution in [-0.4, -0.2) is 47.3 Å². The lowest BCUT2D eigenvalue weighted by atomic mass is 9.90. The predicted molar refractivity (Wildman–Crippen MR) is 94.1 cm³/mol. The van der Waals surface area contributed by atoms with E-state index in [1.165, 1.54) is 0 Å². The number of ether oxygens (including phenoxy) is 1. The number of benzene rings is 1. The van der Waals surface area contributed by atoms with Crippen LogP contribution in [0.5, 0.6) is 0 Å². The molecular weight excluding hydrogens is 350 g/mol. The lowest BCUT2D eigenvalue weighted by Crippen LogP contribution is -2.50. The van der Waals surface area contributed by atoms with E-state index in [-0.39, 0.29) is 12.3 Å². The van der Waals surface area contributed by atoms with Crippen molar-refractivity contribution in [3.8, 4) is 6.07 Å². The molecule has 0 saturated carbocycles. The average molecular weight is 371 g/mol. The summed E-state index contributed by atoms with van der Waals surface area (Å²) in [5.41, 5.74) is -0.114. The summed E-state index contributed by atoms with van der Waals surface area (Å²) in [6.45, 7) is 3.95. The number of esters is 1. The Labute approximate surface area is 157 Å². The molecule has 1 N–H and O–H groups in total. The van der Waals surface area contributed by atoms with Crippen LogP contribution in [0.1, 0.15) is 36.7 Å². The first-order chi connectivity index (χ1) is 12.7. The van der Waals surface area contributed by atoms with Gasteiger partial charge in [0.1, 0.15) is 12.1 Å². The van der Waals surface area contributed by atoms with Crippen LogP contribution < -0.4 is 5.32 Å². The summed E-state index contributed by atoms with van der Waals surface area (Å²) in [6, 6.07) is 8.69. The van der Waals surface area contributed by atoms with Gasteiger partial charge in [0.25, 0.3) is 11.8 Å². The van der Waals surface area contributed by atoms with Crippen LogP contribution in [0.25, 0.3) is 0 Å². The third-order valence-electron chi connectivity index (χ3n) is 4.57. The number of hydrogen-bond acceptors (Lipinski definition) is 6. The zero-order valence-corrected chi connectivity index (χ0v) is 15.4. The standard InChI is InChI=1S/C19H21N3O5/c1-12(2)19(3,11-20)21-15(23)10-27-17(25)9-22-16(24)8-13-6-4-5-7-14(13)18(22)26/h4-7,12H,8-10H2,1-3H3,(H,21,23)/t19-/m0/s1. The number of nitrogens with one attached hydrogen (secondary N) is 1. The zero-order valence-electron chi connectivity index (χ0n) is 15.4. The number of rotatable bonds is 6. The van der Waals surface area contributed by atoms with Gasteiger partial charge in [-0.2, -0.15) is 5.26 Å². The minimum atomic E-state index is -1.09. The molecule has 8 heteroatoms. The smallest absolute Gasteiger partial charge is 0.326 e. The predicted octanol–water partition coefficient (Wildman–Crippen LogP) is 0.809. The molecular formula is C19H21N3O5. The molecule has 1 heterocycles. The molecule has 1 aliphatic rings. The van der Waals surface area contributed by atoms with E-state index in [0.29, 0.717) is 11.1 Å². The van der Waals surface area contributed by atoms with Gasteiger partial charge in [0.15, 0.2) is 6.61 Å². The maximum absolute atomic E-state index is 12.4. The van der Waals surface area contributed by atoms with Gasteiger partial charge in [-0.25, -0.2) is 0 Å². The summed E-state index contributed by atoms with van der Waals surface area (Å²) in [4.78, 5) is 49.2. The highest BCUT2D eigenvalue weighted by atomic mass is 16.5. The Morgan fingerprint density at radius 1 is 1.33 bits per heavy atom. The minimum Gasteiger partial charge on any atom is -0.454 e. The number of nitriles is 1. The van der Waals surface area contributed by atoms with Crippen LogP contribution in [0.15, 0.2) is 24.3 Å². The summed E-state index contributed by atoms with van der Waals surface area (Å²) in [5, 5.41) is 11.7. The second kappa shape index (κ2) is 7.99. The highest BCUT2D eigenvalue weighted by Crippen LogP contribution is 2.19. The van der Waals surface area contributed by atoms with Crippen molar-refractivity contribution in [2.75, 3.05) is 13.2 Å². The molecule has 3 amide bonds. The number of nitrogens with zero attached hydrogens (tertiary/aromatic N) is 2. The SMILES string of the molecule is CC(C)[C@](C)(C#N)NC(=O)COC(=O)CN1C(=O)Cc2ccccc2C1=O. The molecule has 27 heavy (non-hydrogen) atoms. The quantitative estimate of drug-likeness (QED) is 0.584. The highest BCUT2D eigenvalue weighted by molar-refractivity contribution is 6.11. The van der Waals surface area contributed by atoms with Crippen molar-refractivity contribution in [1.29, 1.82) is 5.26 Å². The summed E-state index contributed by atoms with van der Waals surface area (Å²) in [7, 11) is 0. The molecule has 0 fully saturated rings. The third-order valence-corrected chi connectivity index (χ3v) is 4.57. The fourth-order valence-corrected chi connectivity index (χ4v) is 2.51. The maximum atomic E-state index is 12.4. The number of carbonyl (C=O) groups excluding carboxylic acids is 4. The summed E-state index contributed by atoms with van der Waals surface area (Å²) in [5.74, 6) is -2.74. The first-order valence-electron chi connectivity index (χ1n) is 8.48. The molecule has 1 aromatic rings. The molecule has 0 bridgehead atoms. The molecule has 0 saturated heterocycles. The number of amides is 3. The monoisotopic (exact) mass is 371 g/mol. The van der Waals surface area contributed by atoms with E-state index in [2.05, 4.69) is 5.32 Å². The van der Waals surface area contributed by atoms with Crippen LogP contribution in [0.2, 0.25) is 0 Å². The van der Waals surface area contributed by atoms with E-state index in [1.54, 1.807) is 45.0 Å². The van der Waals surface area contributed by atoms with Crippen molar-refractivity contribution in [2.24, 2.45) is 5.92 Å². The van der Waals surface area contributed by atoms with Gasteiger partial charge in [-0.05, 0) is 24.5 Å². The second-order valence-electron chi connectivity index (χ2n) is 6.80. The number of carbonyl (C=O) groups is 4. The molecule has 2 rings (SSSR count). The van der Waals surface area contributed by atoms with E-state index in [4.69, 9.17) is 4.74 Å². The van der Waals surface area contributed by atoms with Crippen LogP contribution in [0.3, 0.4) is 0 Å². The van der Waals surface area contributed by atoms with E-state index < -0.39 is 42.4 Å². The first-order valence-corrected chi connectivity index (χ1v) is 8.48. The van der Waals surface area contributed by atoms with Crippen molar-refractivity contribution in [3.05, 3.63) is 35.4 Å². The fourth-order valence-electron chi connectivity index (χ4n) is 2.51. The average Bonchev–Trinajstić information content (AvgIpc) is 2.63. The lowest BCUT2D eigenvalue weighted by molar-refractivity contribution is -0.151. The molecule has 0 aromatic heterocycles. The van der Waals surface area contributed by atoms with Gasteiger partial charge in [-0.1, -0.05) is 32.0 Å². The molecule has 1 atom stereocenters. The van der Waals surface area contributed by atoms with Gasteiger partial charge in [0.05, 0.1) is 12.5 Å². The van der Waals surface area contributed by atoms with Crippen molar-refractivity contribution in [1.82, 2.24) is 10.2 Å². The summed E-state index contributed by atoms with van der Waals surface area (Å²) in [6.07, 6.45) is 0.0184. The first kappa shape index (κ1) is 20.1. The third kappa shape index (κ3) is 4.50. The Hall–Kier alpha value is -3.21. The largest absolute Gasteiger partial charge is 0.454 e. The normalized spacial score (nSPS) is 15.6. The van der Waals surface area contributed by atoms with Gasteiger partial charge in [0.2, 0.25) is 5.91 Å². The van der Waals surface area contributed by atoms with E-state index in [0.717, 1.165) is 4.90 Å². The highest BCUT2D eigenvalue weighted by Gasteiger charge is 2.33. The summed E-state index contributed by atoms with van der Waals surface area (Å²) >= 11 is 0. The molecule has 1 aliphatic heterocycles. The van der Waals surface area contributed by atoms with Gasteiger partial charge >= 0.3 is 5.97 Å². The van der Waals surface area contributed by atoms with Crippen molar-refractivity contribution < 1.29 is 23.9 Å². The number of imide groups is 1. The van der Waals surface area contributed by atoms with E-state index in [1.807, 2.05) is 6.07 Å². The van der Waals surface area contributed by atoms with Crippen LogP contribution >= 0.6 is 0 Å². The van der Waals surface area contributed by atoms with Gasteiger partial charge in [0, 0.05) is 5.56 Å². The minimum absolute atomic E-state index is 0.0184.